The van der Waals surface area contributed by atoms with Gasteiger partial charge in [0.05, 0.1) is 20.8 Å². The summed E-state index contributed by atoms with van der Waals surface area (Å²) >= 11 is 11.3. The molecule has 4 nitrogen and oxygen atoms in total. The SMILES string of the molecule is O=c1ooc(=O)c2cc(Cl)c(Cl)cc12. The van der Waals surface area contributed by atoms with Crippen molar-refractivity contribution in [3.8, 4) is 0 Å². The Bertz CT molecular complexity index is 556. The smallest absolute Gasteiger partial charge is 0.241 e. The first-order valence-corrected chi connectivity index (χ1v) is 4.27. The van der Waals surface area contributed by atoms with Crippen LogP contribution in [0.1, 0.15) is 0 Å². The molecule has 72 valence electrons. The van der Waals surface area contributed by atoms with Gasteiger partial charge in [-0.15, -0.1) is 0 Å². The maximum absolute atomic E-state index is 11.1. The summed E-state index contributed by atoms with van der Waals surface area (Å²) in [5.74, 6) is 0. The van der Waals surface area contributed by atoms with E-state index in [4.69, 9.17) is 23.2 Å². The van der Waals surface area contributed by atoms with Gasteiger partial charge in [-0.25, -0.2) is 18.7 Å². The fraction of sp³-hybridized carbons (Fsp3) is 0. The van der Waals surface area contributed by atoms with E-state index < -0.39 is 11.3 Å². The van der Waals surface area contributed by atoms with Crippen molar-refractivity contribution in [2.45, 2.75) is 0 Å². The molecule has 0 unspecified atom stereocenters. The lowest BCUT2D eigenvalue weighted by molar-refractivity contribution is 0.0217. The second-order valence-electron chi connectivity index (χ2n) is 2.55. The van der Waals surface area contributed by atoms with Gasteiger partial charge in [0.15, 0.2) is 0 Å². The molecule has 6 heteroatoms. The summed E-state index contributed by atoms with van der Waals surface area (Å²) < 4.78 is 8.24. The van der Waals surface area contributed by atoms with Crippen LogP contribution >= 0.6 is 23.2 Å². The van der Waals surface area contributed by atoms with Crippen molar-refractivity contribution in [1.82, 2.24) is 0 Å². The van der Waals surface area contributed by atoms with Gasteiger partial charge >= 0.3 is 11.3 Å². The molecular formula is C8H2Cl2O4. The number of hydrogen-bond acceptors (Lipinski definition) is 4. The molecule has 1 aromatic carbocycles. The second-order valence-corrected chi connectivity index (χ2v) is 3.37. The fourth-order valence-corrected chi connectivity index (χ4v) is 1.38. The Morgan fingerprint density at radius 1 is 0.857 bits per heavy atom. The summed E-state index contributed by atoms with van der Waals surface area (Å²) in [5, 5.41) is 0.459. The monoisotopic (exact) mass is 232 g/mol. The molecule has 0 aliphatic carbocycles. The van der Waals surface area contributed by atoms with E-state index in [1.54, 1.807) is 0 Å². The van der Waals surface area contributed by atoms with Crippen LogP contribution < -0.4 is 11.3 Å². The number of halogens is 2. The molecule has 0 aliphatic heterocycles. The summed E-state index contributed by atoms with van der Waals surface area (Å²) in [6.07, 6.45) is 0. The van der Waals surface area contributed by atoms with E-state index >= 15 is 0 Å². The molecule has 0 aliphatic rings. The third-order valence-corrected chi connectivity index (χ3v) is 2.42. The van der Waals surface area contributed by atoms with E-state index in [0.29, 0.717) is 0 Å². The largest absolute Gasteiger partial charge is 0.387 e. The highest BCUT2D eigenvalue weighted by Crippen LogP contribution is 2.24. The predicted molar refractivity (Wildman–Crippen MR) is 51.0 cm³/mol. The van der Waals surface area contributed by atoms with Gasteiger partial charge < -0.3 is 0 Å². The highest BCUT2D eigenvalue weighted by molar-refractivity contribution is 6.42. The summed E-state index contributed by atoms with van der Waals surface area (Å²) in [5.41, 5.74) is -1.53. The molecule has 0 atom stereocenters. The normalized spacial score (nSPS) is 10.7. The standard InChI is InChI=1S/C8H2Cl2O4/c9-5-1-3-4(2-6(5)10)8(12)14-13-7(3)11/h1-2H. The molecule has 0 radical (unpaired) electrons. The lowest BCUT2D eigenvalue weighted by atomic mass is 10.2. The second kappa shape index (κ2) is 3.15. The molecule has 0 spiro atoms. The van der Waals surface area contributed by atoms with Crippen LogP contribution in [0.5, 0.6) is 0 Å². The molecule has 0 amide bonds. The predicted octanol–water partition coefficient (Wildman–Crippen LogP) is 2.05. The molecule has 0 saturated carbocycles. The van der Waals surface area contributed by atoms with Crippen molar-refractivity contribution in [3.05, 3.63) is 43.0 Å². The molecule has 2 aromatic rings. The van der Waals surface area contributed by atoms with Crippen LogP contribution in [0, 0.1) is 0 Å². The molecule has 1 aromatic heterocycles. The maximum Gasteiger partial charge on any atom is 0.387 e. The highest BCUT2D eigenvalue weighted by Gasteiger charge is 2.09. The highest BCUT2D eigenvalue weighted by atomic mass is 35.5. The van der Waals surface area contributed by atoms with Crippen molar-refractivity contribution in [2.75, 3.05) is 0 Å². The van der Waals surface area contributed by atoms with Gasteiger partial charge in [0, 0.05) is 0 Å². The minimum Gasteiger partial charge on any atom is -0.241 e. The summed E-state index contributed by atoms with van der Waals surface area (Å²) in [7, 11) is 0. The van der Waals surface area contributed by atoms with Gasteiger partial charge in [0.2, 0.25) is 0 Å². The minimum absolute atomic E-state index is 0.0515. The van der Waals surface area contributed by atoms with Gasteiger partial charge in [-0.1, -0.05) is 23.2 Å². The van der Waals surface area contributed by atoms with E-state index in [0.717, 1.165) is 0 Å². The van der Waals surface area contributed by atoms with Gasteiger partial charge in [-0.05, 0) is 12.1 Å². The molecule has 0 fully saturated rings. The zero-order valence-electron chi connectivity index (χ0n) is 6.54. The average molecular weight is 233 g/mol. The van der Waals surface area contributed by atoms with Crippen LogP contribution in [0.2, 0.25) is 10.0 Å². The third-order valence-electron chi connectivity index (χ3n) is 1.69. The Hall–Kier alpha value is -1.26. The lowest BCUT2D eigenvalue weighted by Crippen LogP contribution is -2.08. The number of benzene rings is 1. The Morgan fingerprint density at radius 3 is 1.57 bits per heavy atom. The molecule has 0 N–H and O–H groups in total. The number of rotatable bonds is 0. The average Bonchev–Trinajstić information content (AvgIpc) is 2.15. The van der Waals surface area contributed by atoms with Crippen LogP contribution in [0.4, 0.5) is 0 Å². The first-order chi connectivity index (χ1) is 6.59. The maximum atomic E-state index is 11.1. The van der Waals surface area contributed by atoms with Crippen molar-refractivity contribution in [3.63, 3.8) is 0 Å². The summed E-state index contributed by atoms with van der Waals surface area (Å²) in [4.78, 5) is 22.2. The quantitative estimate of drug-likeness (QED) is 0.653. The summed E-state index contributed by atoms with van der Waals surface area (Å²) in [6, 6.07) is 2.53. The third kappa shape index (κ3) is 1.32. The molecule has 0 saturated heterocycles. The van der Waals surface area contributed by atoms with Crippen molar-refractivity contribution in [2.24, 2.45) is 0 Å². The van der Waals surface area contributed by atoms with Crippen molar-refractivity contribution < 1.29 is 9.15 Å². The number of hydrogen-bond donors (Lipinski definition) is 0. The van der Waals surface area contributed by atoms with Gasteiger partial charge in [-0.2, -0.15) is 0 Å². The minimum atomic E-state index is -0.766. The van der Waals surface area contributed by atoms with Crippen molar-refractivity contribution in [1.29, 1.82) is 0 Å². The zero-order valence-corrected chi connectivity index (χ0v) is 8.06. The van der Waals surface area contributed by atoms with Crippen LogP contribution in [-0.4, -0.2) is 0 Å². The fourth-order valence-electron chi connectivity index (χ4n) is 1.05. The van der Waals surface area contributed by atoms with Gasteiger partial charge in [-0.3, -0.25) is 0 Å². The Morgan fingerprint density at radius 2 is 1.21 bits per heavy atom. The van der Waals surface area contributed by atoms with E-state index in [2.05, 4.69) is 9.15 Å². The number of fused-ring (bicyclic) bond motifs is 1. The molecular weight excluding hydrogens is 231 g/mol. The molecule has 2 rings (SSSR count). The van der Waals surface area contributed by atoms with Gasteiger partial charge in [0.1, 0.15) is 0 Å². The van der Waals surface area contributed by atoms with E-state index in [9.17, 15) is 9.59 Å². The molecule has 0 bridgehead atoms. The first kappa shape index (κ1) is 9.30. The van der Waals surface area contributed by atoms with Crippen LogP contribution in [-0.2, 0) is 0 Å². The Balaban J connectivity index is 3.10. The van der Waals surface area contributed by atoms with E-state index in [-0.39, 0.29) is 20.8 Å². The van der Waals surface area contributed by atoms with Crippen molar-refractivity contribution >= 4 is 34.0 Å². The van der Waals surface area contributed by atoms with Crippen LogP contribution in [0.3, 0.4) is 0 Å². The van der Waals surface area contributed by atoms with E-state index in [1.807, 2.05) is 0 Å². The van der Waals surface area contributed by atoms with Gasteiger partial charge in [0.25, 0.3) is 0 Å². The molecule has 1 heterocycles. The van der Waals surface area contributed by atoms with E-state index in [1.165, 1.54) is 12.1 Å². The Labute approximate surface area is 86.6 Å². The van der Waals surface area contributed by atoms with Crippen LogP contribution in [0.15, 0.2) is 30.9 Å². The zero-order chi connectivity index (χ0) is 10.3. The summed E-state index contributed by atoms with van der Waals surface area (Å²) in [6.45, 7) is 0. The topological polar surface area (TPSA) is 60.4 Å². The van der Waals surface area contributed by atoms with Crippen LogP contribution in [0.25, 0.3) is 10.8 Å². The Kier molecular flexibility index (Phi) is 2.09. The first-order valence-electron chi connectivity index (χ1n) is 3.52. The molecule has 14 heavy (non-hydrogen) atoms. The lowest BCUT2D eigenvalue weighted by Gasteiger charge is -1.96.